The minimum atomic E-state index is -4.87. The van der Waals surface area contributed by atoms with Gasteiger partial charge in [0.2, 0.25) is 0 Å². The number of alkyl halides is 6. The Balaban J connectivity index is 1.54. The lowest BCUT2D eigenvalue weighted by molar-refractivity contribution is -0.274. The second kappa shape index (κ2) is 7.80. The molecule has 1 aliphatic rings. The van der Waals surface area contributed by atoms with Gasteiger partial charge in [0, 0.05) is 18.2 Å². The molecule has 1 amide bonds. The van der Waals surface area contributed by atoms with Gasteiger partial charge in [0.05, 0.1) is 12.3 Å². The Morgan fingerprint density at radius 1 is 1.16 bits per heavy atom. The maximum Gasteiger partial charge on any atom is 0.573 e. The molecular formula is C19H14F6N4O3. The molecule has 0 radical (unpaired) electrons. The van der Waals surface area contributed by atoms with Crippen LogP contribution in [-0.4, -0.2) is 28.2 Å². The molecule has 1 aliphatic heterocycles. The normalized spacial score (nSPS) is 18.6. The number of aromatic nitrogens is 2. The fourth-order valence-electron chi connectivity index (χ4n) is 3.30. The van der Waals surface area contributed by atoms with Gasteiger partial charge < -0.3 is 19.8 Å². The number of carbonyl (C=O) groups is 1. The molecule has 0 spiro atoms. The molecule has 2 aromatic heterocycles. The molecule has 0 fully saturated rings. The SMILES string of the molecule is O=C(Nc1ccc(OC(F)(F)F)cc1)c1cc2n(n1)[C@@H](C(F)(F)F)C[C@H](c1ccco1)N2. The lowest BCUT2D eigenvalue weighted by Gasteiger charge is -2.32. The molecule has 0 unspecified atom stereocenters. The molecule has 0 saturated heterocycles. The molecule has 0 saturated carbocycles. The van der Waals surface area contributed by atoms with Crippen LogP contribution in [0.5, 0.6) is 5.75 Å². The van der Waals surface area contributed by atoms with Crippen molar-refractivity contribution in [2.24, 2.45) is 0 Å². The maximum absolute atomic E-state index is 13.6. The van der Waals surface area contributed by atoms with Gasteiger partial charge >= 0.3 is 12.5 Å². The molecule has 7 nitrogen and oxygen atoms in total. The van der Waals surface area contributed by atoms with Crippen LogP contribution in [0.25, 0.3) is 0 Å². The van der Waals surface area contributed by atoms with E-state index in [-0.39, 0.29) is 17.2 Å². The van der Waals surface area contributed by atoms with Gasteiger partial charge in [-0.2, -0.15) is 18.3 Å². The van der Waals surface area contributed by atoms with E-state index in [1.54, 1.807) is 6.07 Å². The Morgan fingerprint density at radius 3 is 2.47 bits per heavy atom. The molecule has 0 bridgehead atoms. The Kier molecular flexibility index (Phi) is 5.26. The standard InChI is InChI=1S/C19H14F6N4O3/c20-18(21,22)15-8-12(14-2-1-7-31-14)27-16-9-13(28-29(15)16)17(30)26-10-3-5-11(6-4-10)32-19(23,24)25/h1-7,9,12,15,27H,8H2,(H,26,30)/t12-,15-/m1/s1. The average Bonchev–Trinajstić information content (AvgIpc) is 3.36. The molecule has 0 aliphatic carbocycles. The summed E-state index contributed by atoms with van der Waals surface area (Å²) in [7, 11) is 0. The number of carbonyl (C=O) groups excluding carboxylic acids is 1. The van der Waals surface area contributed by atoms with E-state index in [0.717, 1.165) is 30.3 Å². The minimum Gasteiger partial charge on any atom is -0.467 e. The van der Waals surface area contributed by atoms with Crippen molar-refractivity contribution in [1.29, 1.82) is 0 Å². The first kappa shape index (κ1) is 21.6. The summed E-state index contributed by atoms with van der Waals surface area (Å²) < 4.78 is 87.2. The van der Waals surface area contributed by atoms with Crippen molar-refractivity contribution in [3.05, 3.63) is 60.2 Å². The summed E-state index contributed by atoms with van der Waals surface area (Å²) in [6.45, 7) is 0. The number of nitrogens with zero attached hydrogens (tertiary/aromatic N) is 2. The first-order chi connectivity index (χ1) is 15.0. The van der Waals surface area contributed by atoms with Crippen LogP contribution in [-0.2, 0) is 0 Å². The summed E-state index contributed by atoms with van der Waals surface area (Å²) in [4.78, 5) is 12.5. The summed E-state index contributed by atoms with van der Waals surface area (Å²) in [5, 5.41) is 9.04. The number of anilines is 2. The summed E-state index contributed by atoms with van der Waals surface area (Å²) in [6.07, 6.45) is -8.55. The fraction of sp³-hybridized carbons (Fsp3) is 0.263. The zero-order valence-electron chi connectivity index (χ0n) is 15.9. The van der Waals surface area contributed by atoms with Crippen LogP contribution in [0, 0.1) is 0 Å². The number of halogens is 6. The Labute approximate surface area is 175 Å². The number of rotatable bonds is 4. The number of hydrogen-bond acceptors (Lipinski definition) is 5. The highest BCUT2D eigenvalue weighted by Crippen LogP contribution is 2.43. The van der Waals surface area contributed by atoms with E-state index in [1.807, 2.05) is 0 Å². The molecule has 2 atom stereocenters. The number of ether oxygens (including phenoxy) is 1. The van der Waals surface area contributed by atoms with E-state index < -0.39 is 42.7 Å². The van der Waals surface area contributed by atoms with Gasteiger partial charge in [0.15, 0.2) is 11.7 Å². The first-order valence-electron chi connectivity index (χ1n) is 9.13. The molecular weight excluding hydrogens is 446 g/mol. The fourth-order valence-corrected chi connectivity index (χ4v) is 3.30. The van der Waals surface area contributed by atoms with Crippen LogP contribution in [0.4, 0.5) is 37.8 Å². The summed E-state index contributed by atoms with van der Waals surface area (Å²) in [5.74, 6) is -1.05. The Morgan fingerprint density at radius 2 is 1.88 bits per heavy atom. The van der Waals surface area contributed by atoms with Crippen LogP contribution >= 0.6 is 0 Å². The quantitative estimate of drug-likeness (QED) is 0.518. The van der Waals surface area contributed by atoms with E-state index in [9.17, 15) is 31.1 Å². The number of fused-ring (bicyclic) bond motifs is 1. The molecule has 13 heteroatoms. The van der Waals surface area contributed by atoms with E-state index in [2.05, 4.69) is 20.5 Å². The van der Waals surface area contributed by atoms with E-state index >= 15 is 0 Å². The lowest BCUT2D eigenvalue weighted by Crippen LogP contribution is -2.35. The number of benzene rings is 1. The van der Waals surface area contributed by atoms with Crippen LogP contribution in [0.1, 0.15) is 34.8 Å². The van der Waals surface area contributed by atoms with Crippen LogP contribution in [0.3, 0.4) is 0 Å². The van der Waals surface area contributed by atoms with Crippen LogP contribution in [0.2, 0.25) is 0 Å². The minimum absolute atomic E-state index is 0.0287. The van der Waals surface area contributed by atoms with E-state index in [0.29, 0.717) is 10.4 Å². The van der Waals surface area contributed by atoms with Crippen molar-refractivity contribution in [3.8, 4) is 5.75 Å². The van der Waals surface area contributed by atoms with Crippen LogP contribution in [0.15, 0.2) is 53.1 Å². The second-order valence-corrected chi connectivity index (χ2v) is 6.89. The molecule has 3 aromatic rings. The second-order valence-electron chi connectivity index (χ2n) is 6.89. The molecule has 170 valence electrons. The number of nitrogens with one attached hydrogen (secondary N) is 2. The smallest absolute Gasteiger partial charge is 0.467 e. The van der Waals surface area contributed by atoms with Gasteiger partial charge in [0.25, 0.3) is 5.91 Å². The van der Waals surface area contributed by atoms with Gasteiger partial charge in [-0.25, -0.2) is 4.68 Å². The highest BCUT2D eigenvalue weighted by molar-refractivity contribution is 6.03. The maximum atomic E-state index is 13.6. The van der Waals surface area contributed by atoms with Crippen molar-refractivity contribution in [1.82, 2.24) is 9.78 Å². The molecule has 1 aromatic carbocycles. The van der Waals surface area contributed by atoms with Gasteiger partial charge in [-0.3, -0.25) is 4.79 Å². The van der Waals surface area contributed by atoms with Crippen molar-refractivity contribution in [2.45, 2.75) is 31.0 Å². The molecule has 4 rings (SSSR count). The van der Waals surface area contributed by atoms with E-state index in [1.165, 1.54) is 12.3 Å². The largest absolute Gasteiger partial charge is 0.573 e. The summed E-state index contributed by atoms with van der Waals surface area (Å²) in [5.41, 5.74) is -0.207. The van der Waals surface area contributed by atoms with Crippen molar-refractivity contribution in [3.63, 3.8) is 0 Å². The Bertz CT molecular complexity index is 1090. The molecule has 32 heavy (non-hydrogen) atoms. The topological polar surface area (TPSA) is 81.3 Å². The monoisotopic (exact) mass is 460 g/mol. The van der Waals surface area contributed by atoms with Crippen molar-refractivity contribution in [2.75, 3.05) is 10.6 Å². The molecule has 3 heterocycles. The van der Waals surface area contributed by atoms with Gasteiger partial charge in [-0.1, -0.05) is 0 Å². The van der Waals surface area contributed by atoms with Gasteiger partial charge in [-0.05, 0) is 36.4 Å². The van der Waals surface area contributed by atoms with E-state index in [4.69, 9.17) is 4.42 Å². The van der Waals surface area contributed by atoms with Gasteiger partial charge in [-0.15, -0.1) is 13.2 Å². The zero-order valence-corrected chi connectivity index (χ0v) is 15.9. The first-order valence-corrected chi connectivity index (χ1v) is 9.13. The third kappa shape index (κ3) is 4.65. The third-order valence-corrected chi connectivity index (χ3v) is 4.65. The molecule has 2 N–H and O–H groups in total. The number of amides is 1. The number of furan rings is 1. The predicted molar refractivity (Wildman–Crippen MR) is 98.1 cm³/mol. The average molecular weight is 460 g/mol. The van der Waals surface area contributed by atoms with Crippen molar-refractivity contribution < 1.29 is 40.3 Å². The third-order valence-electron chi connectivity index (χ3n) is 4.65. The zero-order chi connectivity index (χ0) is 23.1. The van der Waals surface area contributed by atoms with Gasteiger partial charge in [0.1, 0.15) is 17.3 Å². The highest BCUT2D eigenvalue weighted by atomic mass is 19.4. The highest BCUT2D eigenvalue weighted by Gasteiger charge is 2.47. The lowest BCUT2D eigenvalue weighted by atomic mass is 10.0. The summed E-state index contributed by atoms with van der Waals surface area (Å²) in [6, 6.07) is 5.74. The van der Waals surface area contributed by atoms with Crippen LogP contribution < -0.4 is 15.4 Å². The Hall–Kier alpha value is -3.64. The predicted octanol–water partition coefficient (Wildman–Crippen LogP) is 5.29. The summed E-state index contributed by atoms with van der Waals surface area (Å²) >= 11 is 0. The number of hydrogen-bond donors (Lipinski definition) is 2. The van der Waals surface area contributed by atoms with Crippen molar-refractivity contribution >= 4 is 17.4 Å².